The summed E-state index contributed by atoms with van der Waals surface area (Å²) in [7, 11) is 1.67. The van der Waals surface area contributed by atoms with E-state index in [-0.39, 0.29) is 0 Å². The van der Waals surface area contributed by atoms with Crippen LogP contribution in [0.1, 0.15) is 121 Å². The molecule has 0 unspecified atom stereocenters. The lowest BCUT2D eigenvalue weighted by molar-refractivity contribution is 0.0504. The quantitative estimate of drug-likeness (QED) is 0.160. The molecule has 2 heteroatoms. The Hall–Kier alpha value is -1.02. The minimum Gasteiger partial charge on any atom is -0.467 e. The summed E-state index contributed by atoms with van der Waals surface area (Å²) in [5, 5.41) is 0. The van der Waals surface area contributed by atoms with Gasteiger partial charge in [-0.05, 0) is 37.0 Å². The molecule has 0 fully saturated rings. The Morgan fingerprint density at radius 1 is 0.655 bits per heavy atom. The third kappa shape index (κ3) is 14.6. The van der Waals surface area contributed by atoms with Crippen LogP contribution in [0, 0.1) is 6.92 Å². The van der Waals surface area contributed by atoms with E-state index in [4.69, 9.17) is 9.47 Å². The van der Waals surface area contributed by atoms with Gasteiger partial charge < -0.3 is 9.47 Å². The molecule has 0 saturated heterocycles. The summed E-state index contributed by atoms with van der Waals surface area (Å²) in [5.41, 5.74) is 2.56. The first-order valence-corrected chi connectivity index (χ1v) is 12.5. The number of benzene rings is 1. The Balaban J connectivity index is 1.91. The maximum absolute atomic E-state index is 5.72. The molecule has 0 aliphatic rings. The standard InChI is InChI=1S/C27H48O2/c1-4-5-6-7-8-9-10-11-12-13-14-15-16-17-18-19-20-26-22-21-25(2)23-27(26)29-24-28-3/h21-23H,4-20,24H2,1-3H3. The molecule has 29 heavy (non-hydrogen) atoms. The van der Waals surface area contributed by atoms with Gasteiger partial charge in [-0.2, -0.15) is 0 Å². The van der Waals surface area contributed by atoms with Gasteiger partial charge >= 0.3 is 0 Å². The van der Waals surface area contributed by atoms with Gasteiger partial charge in [-0.3, -0.25) is 0 Å². The average molecular weight is 405 g/mol. The van der Waals surface area contributed by atoms with Crippen molar-refractivity contribution in [2.75, 3.05) is 13.9 Å². The lowest BCUT2D eigenvalue weighted by atomic mass is 10.0. The normalized spacial score (nSPS) is 11.1. The number of ether oxygens (including phenoxy) is 2. The first-order chi connectivity index (χ1) is 14.3. The van der Waals surface area contributed by atoms with Crippen LogP contribution in [-0.2, 0) is 11.2 Å². The molecular weight excluding hydrogens is 356 g/mol. The fourth-order valence-corrected chi connectivity index (χ4v) is 3.99. The Kier molecular flexibility index (Phi) is 17.0. The van der Waals surface area contributed by atoms with Crippen molar-refractivity contribution in [3.63, 3.8) is 0 Å². The number of unbranched alkanes of at least 4 members (excludes halogenated alkanes) is 15. The largest absolute Gasteiger partial charge is 0.467 e. The monoisotopic (exact) mass is 404 g/mol. The third-order valence-electron chi connectivity index (χ3n) is 5.85. The second-order valence-electron chi connectivity index (χ2n) is 8.72. The smallest absolute Gasteiger partial charge is 0.188 e. The van der Waals surface area contributed by atoms with Gasteiger partial charge in [0.1, 0.15) is 5.75 Å². The average Bonchev–Trinajstić information content (AvgIpc) is 2.73. The summed E-state index contributed by atoms with van der Waals surface area (Å²) in [5.74, 6) is 0.993. The van der Waals surface area contributed by atoms with Gasteiger partial charge in [-0.1, -0.05) is 115 Å². The molecule has 0 saturated carbocycles. The minimum atomic E-state index is 0.329. The maximum Gasteiger partial charge on any atom is 0.188 e. The molecule has 0 bridgehead atoms. The molecule has 0 aliphatic carbocycles. The Morgan fingerprint density at radius 3 is 1.62 bits per heavy atom. The van der Waals surface area contributed by atoms with Crippen LogP contribution >= 0.6 is 0 Å². The third-order valence-corrected chi connectivity index (χ3v) is 5.85. The van der Waals surface area contributed by atoms with Crippen LogP contribution < -0.4 is 4.74 Å². The van der Waals surface area contributed by atoms with Crippen molar-refractivity contribution in [2.24, 2.45) is 0 Å². The van der Waals surface area contributed by atoms with E-state index in [2.05, 4.69) is 32.0 Å². The van der Waals surface area contributed by atoms with Crippen molar-refractivity contribution in [1.82, 2.24) is 0 Å². The van der Waals surface area contributed by atoms with Gasteiger partial charge in [-0.15, -0.1) is 0 Å². The Labute approximate surface area is 181 Å². The van der Waals surface area contributed by atoms with Crippen LogP contribution in [0.3, 0.4) is 0 Å². The van der Waals surface area contributed by atoms with Gasteiger partial charge in [0.2, 0.25) is 0 Å². The van der Waals surface area contributed by atoms with Crippen LogP contribution in [0.2, 0.25) is 0 Å². The zero-order valence-corrected chi connectivity index (χ0v) is 19.8. The van der Waals surface area contributed by atoms with Gasteiger partial charge in [0, 0.05) is 7.11 Å². The van der Waals surface area contributed by atoms with Crippen molar-refractivity contribution in [1.29, 1.82) is 0 Å². The van der Waals surface area contributed by atoms with E-state index in [1.54, 1.807) is 7.11 Å². The SMILES string of the molecule is CCCCCCCCCCCCCCCCCCc1ccc(C)cc1OCOC. The summed E-state index contributed by atoms with van der Waals surface area (Å²) in [6.45, 7) is 4.73. The Morgan fingerprint density at radius 2 is 1.14 bits per heavy atom. The van der Waals surface area contributed by atoms with E-state index in [0.29, 0.717) is 6.79 Å². The maximum atomic E-state index is 5.72. The van der Waals surface area contributed by atoms with E-state index in [0.717, 1.165) is 12.2 Å². The zero-order valence-electron chi connectivity index (χ0n) is 19.8. The molecule has 1 aromatic rings. The lowest BCUT2D eigenvalue weighted by Gasteiger charge is -2.11. The van der Waals surface area contributed by atoms with E-state index >= 15 is 0 Å². The molecular formula is C27H48O2. The number of rotatable bonds is 20. The van der Waals surface area contributed by atoms with Gasteiger partial charge in [0.05, 0.1) is 0 Å². The van der Waals surface area contributed by atoms with Gasteiger partial charge in [-0.25, -0.2) is 0 Å². The molecule has 1 rings (SSSR count). The number of hydrogen-bond acceptors (Lipinski definition) is 2. The van der Waals surface area contributed by atoms with Crippen molar-refractivity contribution >= 4 is 0 Å². The first kappa shape index (κ1) is 26.0. The first-order valence-electron chi connectivity index (χ1n) is 12.5. The number of methoxy groups -OCH3 is 1. The number of aryl methyl sites for hydroxylation is 2. The van der Waals surface area contributed by atoms with E-state index < -0.39 is 0 Å². The highest BCUT2D eigenvalue weighted by Crippen LogP contribution is 2.23. The second-order valence-corrected chi connectivity index (χ2v) is 8.72. The van der Waals surface area contributed by atoms with Crippen molar-refractivity contribution in [2.45, 2.75) is 123 Å². The molecule has 0 aromatic heterocycles. The summed E-state index contributed by atoms with van der Waals surface area (Å²) < 4.78 is 10.8. The highest BCUT2D eigenvalue weighted by atomic mass is 16.7. The van der Waals surface area contributed by atoms with Crippen molar-refractivity contribution in [3.8, 4) is 5.75 Å². The van der Waals surface area contributed by atoms with Crippen LogP contribution in [-0.4, -0.2) is 13.9 Å². The number of hydrogen-bond donors (Lipinski definition) is 0. The van der Waals surface area contributed by atoms with Crippen LogP contribution in [0.25, 0.3) is 0 Å². The van der Waals surface area contributed by atoms with Crippen LogP contribution in [0.4, 0.5) is 0 Å². The van der Waals surface area contributed by atoms with Crippen molar-refractivity contribution < 1.29 is 9.47 Å². The topological polar surface area (TPSA) is 18.5 Å². The minimum absolute atomic E-state index is 0.329. The fraction of sp³-hybridized carbons (Fsp3) is 0.778. The highest BCUT2D eigenvalue weighted by molar-refractivity contribution is 5.37. The molecule has 0 N–H and O–H groups in total. The molecule has 0 amide bonds. The molecule has 0 spiro atoms. The summed E-state index contributed by atoms with van der Waals surface area (Å²) >= 11 is 0. The molecule has 2 nitrogen and oxygen atoms in total. The van der Waals surface area contributed by atoms with E-state index in [1.807, 2.05) is 0 Å². The van der Waals surface area contributed by atoms with E-state index in [9.17, 15) is 0 Å². The summed E-state index contributed by atoms with van der Waals surface area (Å²) in [6, 6.07) is 6.52. The molecule has 0 radical (unpaired) electrons. The molecule has 0 aliphatic heterocycles. The van der Waals surface area contributed by atoms with Gasteiger partial charge in [0.15, 0.2) is 6.79 Å². The summed E-state index contributed by atoms with van der Waals surface area (Å²) in [6.07, 6.45) is 23.7. The Bertz CT molecular complexity index is 483. The summed E-state index contributed by atoms with van der Waals surface area (Å²) in [4.78, 5) is 0. The van der Waals surface area contributed by atoms with Crippen molar-refractivity contribution in [3.05, 3.63) is 29.3 Å². The molecule has 168 valence electrons. The zero-order chi connectivity index (χ0) is 21.0. The van der Waals surface area contributed by atoms with E-state index in [1.165, 1.54) is 114 Å². The van der Waals surface area contributed by atoms with Gasteiger partial charge in [0.25, 0.3) is 0 Å². The van der Waals surface area contributed by atoms with Crippen LogP contribution in [0.5, 0.6) is 5.75 Å². The predicted molar refractivity (Wildman–Crippen MR) is 127 cm³/mol. The molecule has 0 heterocycles. The fourth-order valence-electron chi connectivity index (χ4n) is 3.99. The lowest BCUT2D eigenvalue weighted by Crippen LogP contribution is -2.02. The predicted octanol–water partition coefficient (Wildman–Crippen LogP) is 8.78. The van der Waals surface area contributed by atoms with Crippen LogP contribution in [0.15, 0.2) is 18.2 Å². The second kappa shape index (κ2) is 19.0. The molecule has 0 atom stereocenters. The highest BCUT2D eigenvalue weighted by Gasteiger charge is 2.04. The molecule has 1 aromatic carbocycles.